The Morgan fingerprint density at radius 1 is 1.06 bits per heavy atom. The van der Waals surface area contributed by atoms with Crippen LogP contribution in [0.5, 0.6) is 0 Å². The Labute approximate surface area is 183 Å². The maximum atomic E-state index is 14.3. The Balaban J connectivity index is 1.68. The number of thiophene rings is 1. The highest BCUT2D eigenvalue weighted by atomic mass is 32.1. The van der Waals surface area contributed by atoms with Crippen LogP contribution in [0.25, 0.3) is 33.7 Å². The third-order valence-electron chi connectivity index (χ3n) is 5.02. The second-order valence-electron chi connectivity index (χ2n) is 7.04. The first kappa shape index (κ1) is 21.0. The Morgan fingerprint density at radius 3 is 2.55 bits per heavy atom. The Morgan fingerprint density at radius 2 is 1.87 bits per heavy atom. The van der Waals surface area contributed by atoms with Crippen LogP contribution in [0, 0.1) is 12.7 Å². The minimum absolute atomic E-state index is 0.126. The molecule has 0 amide bonds. The smallest absolute Gasteiger partial charge is 0.340 e. The van der Waals surface area contributed by atoms with Crippen molar-refractivity contribution in [3.05, 3.63) is 75.7 Å². The van der Waals surface area contributed by atoms with Gasteiger partial charge in [-0.2, -0.15) is 11.3 Å². The van der Waals surface area contributed by atoms with Crippen molar-refractivity contribution in [3.8, 4) is 33.7 Å². The molecule has 0 unspecified atom stereocenters. The Bertz CT molecular complexity index is 1240. The van der Waals surface area contributed by atoms with E-state index in [1.165, 1.54) is 30.4 Å². The summed E-state index contributed by atoms with van der Waals surface area (Å²) in [6.07, 6.45) is 0. The van der Waals surface area contributed by atoms with E-state index < -0.39 is 11.8 Å². The number of aryl methyl sites for hydroxylation is 1. The van der Waals surface area contributed by atoms with E-state index >= 15 is 0 Å². The molecule has 2 aromatic heterocycles. The van der Waals surface area contributed by atoms with Crippen LogP contribution in [0.2, 0.25) is 0 Å². The van der Waals surface area contributed by atoms with Crippen molar-refractivity contribution >= 4 is 17.3 Å². The molecule has 2 heterocycles. The lowest BCUT2D eigenvalue weighted by Gasteiger charge is -2.10. The van der Waals surface area contributed by atoms with Crippen molar-refractivity contribution in [1.82, 2.24) is 5.16 Å². The summed E-state index contributed by atoms with van der Waals surface area (Å²) < 4.78 is 29.8. The molecule has 158 valence electrons. The second-order valence-corrected chi connectivity index (χ2v) is 7.78. The van der Waals surface area contributed by atoms with Crippen molar-refractivity contribution in [2.45, 2.75) is 13.5 Å². The number of carbonyl (C=O) groups is 1. The summed E-state index contributed by atoms with van der Waals surface area (Å²) in [5.41, 5.74) is 6.24. The molecule has 31 heavy (non-hydrogen) atoms. The summed E-state index contributed by atoms with van der Waals surface area (Å²) in [7, 11) is 2.87. The van der Waals surface area contributed by atoms with Gasteiger partial charge in [-0.25, -0.2) is 9.18 Å². The maximum Gasteiger partial charge on any atom is 0.340 e. The van der Waals surface area contributed by atoms with E-state index in [1.54, 1.807) is 30.6 Å². The van der Waals surface area contributed by atoms with Crippen molar-refractivity contribution < 1.29 is 23.2 Å². The molecule has 0 saturated carbocycles. The summed E-state index contributed by atoms with van der Waals surface area (Å²) in [4.78, 5) is 11.6. The summed E-state index contributed by atoms with van der Waals surface area (Å²) >= 11 is 1.67. The van der Waals surface area contributed by atoms with Crippen LogP contribution < -0.4 is 0 Å². The van der Waals surface area contributed by atoms with E-state index in [2.05, 4.69) is 27.6 Å². The molecule has 0 N–H and O–H groups in total. The largest absolute Gasteiger partial charge is 0.465 e. The molecule has 0 atom stereocenters. The van der Waals surface area contributed by atoms with Crippen LogP contribution in [0.1, 0.15) is 21.5 Å². The van der Waals surface area contributed by atoms with Crippen molar-refractivity contribution in [3.63, 3.8) is 0 Å². The van der Waals surface area contributed by atoms with Crippen LogP contribution in [-0.2, 0) is 16.1 Å². The standard InChI is InChI=1S/C24H20FNO4S/c1-14-12-31-13-20(14)18-6-5-16(8-17(18)11-28-2)23-10-22(26-30-23)15-4-7-19(21(25)9-15)24(27)29-3/h4-10,12-13H,11H2,1-3H3. The SMILES string of the molecule is COCc1cc(-c2cc(-c3ccc(C(=O)OC)c(F)c3)no2)ccc1-c1cscc1C. The molecule has 4 rings (SSSR count). The van der Waals surface area contributed by atoms with Crippen LogP contribution in [0.4, 0.5) is 4.39 Å². The number of carbonyl (C=O) groups excluding carboxylic acids is 1. The highest BCUT2D eigenvalue weighted by molar-refractivity contribution is 7.08. The van der Waals surface area contributed by atoms with Gasteiger partial charge >= 0.3 is 5.97 Å². The predicted molar refractivity (Wildman–Crippen MR) is 117 cm³/mol. The third kappa shape index (κ3) is 4.15. The van der Waals surface area contributed by atoms with Gasteiger partial charge in [-0.3, -0.25) is 0 Å². The minimum atomic E-state index is -0.725. The number of aromatic nitrogens is 1. The van der Waals surface area contributed by atoms with Crippen molar-refractivity contribution in [1.29, 1.82) is 0 Å². The summed E-state index contributed by atoms with van der Waals surface area (Å²) in [6.45, 7) is 2.54. The number of ether oxygens (including phenoxy) is 2. The highest BCUT2D eigenvalue weighted by Gasteiger charge is 2.16. The fraction of sp³-hybridized carbons (Fsp3) is 0.167. The predicted octanol–water partition coefficient (Wildman–Crippen LogP) is 6.12. The highest BCUT2D eigenvalue weighted by Crippen LogP contribution is 2.34. The lowest BCUT2D eigenvalue weighted by molar-refractivity contribution is 0.0595. The topological polar surface area (TPSA) is 61.6 Å². The van der Waals surface area contributed by atoms with Crippen LogP contribution in [0.3, 0.4) is 0 Å². The van der Waals surface area contributed by atoms with Crippen molar-refractivity contribution in [2.75, 3.05) is 14.2 Å². The normalized spacial score (nSPS) is 11.0. The monoisotopic (exact) mass is 437 g/mol. The molecule has 0 saturated heterocycles. The van der Waals surface area contributed by atoms with E-state index in [4.69, 9.17) is 9.26 Å². The average Bonchev–Trinajstić information content (AvgIpc) is 3.43. The minimum Gasteiger partial charge on any atom is -0.465 e. The molecule has 2 aromatic carbocycles. The molecule has 0 bridgehead atoms. The molecular formula is C24H20FNO4S. The molecule has 0 aliphatic carbocycles. The number of esters is 1. The molecule has 4 aromatic rings. The summed E-state index contributed by atoms with van der Waals surface area (Å²) in [6, 6.07) is 12.0. The number of hydrogen-bond acceptors (Lipinski definition) is 6. The quantitative estimate of drug-likeness (QED) is 0.340. The van der Waals surface area contributed by atoms with Crippen LogP contribution >= 0.6 is 11.3 Å². The van der Waals surface area contributed by atoms with Gasteiger partial charge in [0.2, 0.25) is 0 Å². The van der Waals surface area contributed by atoms with Gasteiger partial charge in [0.25, 0.3) is 0 Å². The van der Waals surface area contributed by atoms with Gasteiger partial charge in [0, 0.05) is 24.3 Å². The molecule has 0 fully saturated rings. The zero-order valence-electron chi connectivity index (χ0n) is 17.3. The van der Waals surface area contributed by atoms with Gasteiger partial charge in [-0.05, 0) is 58.1 Å². The number of rotatable bonds is 6. The van der Waals surface area contributed by atoms with Gasteiger partial charge in [0.1, 0.15) is 11.5 Å². The molecule has 7 heteroatoms. The van der Waals surface area contributed by atoms with E-state index in [9.17, 15) is 9.18 Å². The number of nitrogens with zero attached hydrogens (tertiary/aromatic N) is 1. The number of halogens is 1. The van der Waals surface area contributed by atoms with Gasteiger partial charge in [-0.1, -0.05) is 23.4 Å². The van der Waals surface area contributed by atoms with Gasteiger partial charge < -0.3 is 14.0 Å². The van der Waals surface area contributed by atoms with E-state index in [0.717, 1.165) is 16.7 Å². The molecule has 0 spiro atoms. The summed E-state index contributed by atoms with van der Waals surface area (Å²) in [5.74, 6) is -0.846. The molecule has 5 nitrogen and oxygen atoms in total. The zero-order chi connectivity index (χ0) is 22.0. The van der Waals surface area contributed by atoms with E-state index in [0.29, 0.717) is 23.6 Å². The Hall–Kier alpha value is -3.29. The van der Waals surface area contributed by atoms with Gasteiger partial charge in [-0.15, -0.1) is 0 Å². The number of methoxy groups -OCH3 is 2. The molecular weight excluding hydrogens is 417 g/mol. The van der Waals surface area contributed by atoms with Crippen LogP contribution in [0.15, 0.2) is 57.7 Å². The first-order valence-electron chi connectivity index (χ1n) is 9.52. The fourth-order valence-corrected chi connectivity index (χ4v) is 4.27. The fourth-order valence-electron chi connectivity index (χ4n) is 3.42. The average molecular weight is 437 g/mol. The lowest BCUT2D eigenvalue weighted by atomic mass is 9.96. The number of benzene rings is 2. The van der Waals surface area contributed by atoms with Crippen LogP contribution in [-0.4, -0.2) is 25.3 Å². The van der Waals surface area contributed by atoms with E-state index in [-0.39, 0.29) is 5.56 Å². The molecule has 0 radical (unpaired) electrons. The third-order valence-corrected chi connectivity index (χ3v) is 5.88. The maximum absolute atomic E-state index is 14.3. The van der Waals surface area contributed by atoms with Gasteiger partial charge in [0.15, 0.2) is 5.76 Å². The molecule has 0 aliphatic rings. The van der Waals surface area contributed by atoms with E-state index in [1.807, 2.05) is 18.2 Å². The zero-order valence-corrected chi connectivity index (χ0v) is 18.1. The summed E-state index contributed by atoms with van der Waals surface area (Å²) in [5, 5.41) is 8.32. The number of hydrogen-bond donors (Lipinski definition) is 0. The Kier molecular flexibility index (Phi) is 5.97. The second kappa shape index (κ2) is 8.83. The first-order chi connectivity index (χ1) is 15.0. The van der Waals surface area contributed by atoms with Crippen molar-refractivity contribution in [2.24, 2.45) is 0 Å². The van der Waals surface area contributed by atoms with Gasteiger partial charge in [0.05, 0.1) is 19.3 Å². The first-order valence-corrected chi connectivity index (χ1v) is 10.5. The molecule has 0 aliphatic heterocycles. The lowest BCUT2D eigenvalue weighted by Crippen LogP contribution is -2.04.